The molecule has 0 saturated heterocycles. The first-order valence-electron chi connectivity index (χ1n) is 12.7. The number of aliphatic hydroxyl groups excluding tert-OH is 1. The van der Waals surface area contributed by atoms with E-state index in [0.717, 1.165) is 23.1 Å². The molecular weight excluding hydrogens is 458 g/mol. The summed E-state index contributed by atoms with van der Waals surface area (Å²) in [6.07, 6.45) is 1.30. The van der Waals surface area contributed by atoms with E-state index in [2.05, 4.69) is 13.8 Å². The predicted molar refractivity (Wildman–Crippen MR) is 139 cm³/mol. The van der Waals surface area contributed by atoms with Gasteiger partial charge in [0, 0.05) is 13.2 Å². The quantitative estimate of drug-likeness (QED) is 0.420. The van der Waals surface area contributed by atoms with Crippen LogP contribution in [0.25, 0.3) is 11.0 Å². The molecule has 1 amide bonds. The molecule has 0 saturated carbocycles. The second-order valence-corrected chi connectivity index (χ2v) is 9.78. The smallest absolute Gasteiger partial charge is 0.290 e. The van der Waals surface area contributed by atoms with Crippen LogP contribution in [0.1, 0.15) is 72.5 Å². The van der Waals surface area contributed by atoms with E-state index in [1.54, 1.807) is 4.90 Å². The number of ether oxygens (including phenoxy) is 2. The number of carbonyl (C=O) groups excluding carboxylic acids is 1. The molecule has 7 heteroatoms. The molecule has 1 aliphatic rings. The fraction of sp³-hybridized carbons (Fsp3) is 0.448. The summed E-state index contributed by atoms with van der Waals surface area (Å²) in [6, 6.07) is 8.65. The van der Waals surface area contributed by atoms with Gasteiger partial charge in [0.2, 0.25) is 5.76 Å². The minimum absolute atomic E-state index is 0.0672. The van der Waals surface area contributed by atoms with Crippen LogP contribution in [-0.2, 0) is 0 Å². The highest BCUT2D eigenvalue weighted by Gasteiger charge is 2.42. The third-order valence-corrected chi connectivity index (χ3v) is 6.49. The highest BCUT2D eigenvalue weighted by molar-refractivity contribution is 5.99. The molecule has 1 aromatic heterocycles. The number of aryl methyl sites for hydroxylation is 2. The molecule has 0 spiro atoms. The van der Waals surface area contributed by atoms with Gasteiger partial charge in [-0.1, -0.05) is 26.0 Å². The molecule has 192 valence electrons. The summed E-state index contributed by atoms with van der Waals surface area (Å²) < 4.78 is 18.0. The van der Waals surface area contributed by atoms with E-state index in [1.165, 1.54) is 0 Å². The van der Waals surface area contributed by atoms with Gasteiger partial charge in [0.15, 0.2) is 16.9 Å². The molecule has 3 aromatic rings. The lowest BCUT2D eigenvalue weighted by Gasteiger charge is -2.25. The van der Waals surface area contributed by atoms with E-state index in [1.807, 2.05) is 51.1 Å². The summed E-state index contributed by atoms with van der Waals surface area (Å²) >= 11 is 0. The molecule has 1 unspecified atom stereocenters. The molecule has 1 atom stereocenters. The minimum Gasteiger partial charge on any atom is -0.490 e. The second-order valence-electron chi connectivity index (χ2n) is 9.78. The summed E-state index contributed by atoms with van der Waals surface area (Å²) in [4.78, 5) is 28.9. The third kappa shape index (κ3) is 4.85. The fourth-order valence-electron chi connectivity index (χ4n) is 4.78. The zero-order chi connectivity index (χ0) is 26.0. The first-order valence-corrected chi connectivity index (χ1v) is 12.7. The van der Waals surface area contributed by atoms with Gasteiger partial charge in [0.05, 0.1) is 30.2 Å². The Labute approximate surface area is 211 Å². The first kappa shape index (κ1) is 25.8. The van der Waals surface area contributed by atoms with E-state index < -0.39 is 6.04 Å². The lowest BCUT2D eigenvalue weighted by Crippen LogP contribution is -2.31. The van der Waals surface area contributed by atoms with Gasteiger partial charge in [-0.25, -0.2) is 0 Å². The largest absolute Gasteiger partial charge is 0.490 e. The predicted octanol–water partition coefficient (Wildman–Crippen LogP) is 5.16. The number of benzene rings is 2. The van der Waals surface area contributed by atoms with E-state index in [-0.39, 0.29) is 30.2 Å². The first-order chi connectivity index (χ1) is 17.3. The average Bonchev–Trinajstić information content (AvgIpc) is 3.11. The van der Waals surface area contributed by atoms with Crippen molar-refractivity contribution < 1.29 is 23.8 Å². The van der Waals surface area contributed by atoms with E-state index >= 15 is 0 Å². The zero-order valence-electron chi connectivity index (χ0n) is 21.7. The van der Waals surface area contributed by atoms with Gasteiger partial charge in [-0.3, -0.25) is 9.59 Å². The van der Waals surface area contributed by atoms with Crippen LogP contribution in [-0.4, -0.2) is 42.3 Å². The summed E-state index contributed by atoms with van der Waals surface area (Å²) in [7, 11) is 0. The molecule has 4 rings (SSSR count). The maximum atomic E-state index is 13.8. The van der Waals surface area contributed by atoms with Gasteiger partial charge in [-0.15, -0.1) is 0 Å². The maximum Gasteiger partial charge on any atom is 0.290 e. The number of hydrogen-bond acceptors (Lipinski definition) is 6. The SMILES string of the molecule is CCOc1cc(C2c3c(oc4c(C)cc(C)cc4c3=O)C(=O)N2CCCO)ccc1OCCC(C)C. The highest BCUT2D eigenvalue weighted by Crippen LogP contribution is 2.41. The van der Waals surface area contributed by atoms with Gasteiger partial charge in [0.1, 0.15) is 5.58 Å². The molecule has 7 nitrogen and oxygen atoms in total. The highest BCUT2D eigenvalue weighted by atomic mass is 16.5. The molecule has 1 aliphatic heterocycles. The van der Waals surface area contributed by atoms with Crippen LogP contribution in [0.15, 0.2) is 39.5 Å². The molecule has 2 aromatic carbocycles. The molecule has 1 N–H and O–H groups in total. The topological polar surface area (TPSA) is 89.2 Å². The summed E-state index contributed by atoms with van der Waals surface area (Å²) in [5.74, 6) is 1.43. The standard InChI is InChI=1S/C29H35NO6/c1-6-34-23-16-20(8-9-22(23)35-13-10-17(2)3)25-24-26(32)21-15-18(4)14-19(5)27(21)36-28(24)29(33)30(25)11-7-12-31/h8-9,14-17,25,31H,6-7,10-13H2,1-5H3. The van der Waals surface area contributed by atoms with Crippen molar-refractivity contribution in [2.24, 2.45) is 5.92 Å². The van der Waals surface area contributed by atoms with E-state index in [9.17, 15) is 14.7 Å². The van der Waals surface area contributed by atoms with Crippen molar-refractivity contribution in [3.8, 4) is 11.5 Å². The minimum atomic E-state index is -0.649. The average molecular weight is 494 g/mol. The van der Waals surface area contributed by atoms with Crippen LogP contribution in [0.4, 0.5) is 0 Å². The Hall–Kier alpha value is -3.32. The van der Waals surface area contributed by atoms with Gasteiger partial charge in [0.25, 0.3) is 5.91 Å². The molecule has 0 bridgehead atoms. The number of amides is 1. The summed E-state index contributed by atoms with van der Waals surface area (Å²) in [6.45, 7) is 11.2. The number of nitrogens with zero attached hydrogens (tertiary/aromatic N) is 1. The number of aliphatic hydroxyl groups is 1. The summed E-state index contributed by atoms with van der Waals surface area (Å²) in [5, 5.41) is 9.94. The lowest BCUT2D eigenvalue weighted by atomic mass is 9.97. The summed E-state index contributed by atoms with van der Waals surface area (Å²) in [5.41, 5.74) is 3.04. The van der Waals surface area contributed by atoms with Crippen molar-refractivity contribution in [1.82, 2.24) is 4.90 Å². The second kappa shape index (κ2) is 10.7. The van der Waals surface area contributed by atoms with Crippen molar-refractivity contribution >= 4 is 16.9 Å². The van der Waals surface area contributed by atoms with Crippen molar-refractivity contribution in [1.29, 1.82) is 0 Å². The van der Waals surface area contributed by atoms with Crippen LogP contribution in [0.2, 0.25) is 0 Å². The van der Waals surface area contributed by atoms with E-state index in [4.69, 9.17) is 13.9 Å². The Bertz CT molecular complexity index is 1330. The van der Waals surface area contributed by atoms with Crippen molar-refractivity contribution in [3.05, 3.63) is 68.6 Å². The van der Waals surface area contributed by atoms with Crippen LogP contribution in [0.5, 0.6) is 11.5 Å². The molecule has 36 heavy (non-hydrogen) atoms. The Balaban J connectivity index is 1.86. The molecule has 0 fully saturated rings. The molecule has 0 radical (unpaired) electrons. The van der Waals surface area contributed by atoms with Crippen molar-refractivity contribution in [2.45, 2.75) is 53.5 Å². The fourth-order valence-corrected chi connectivity index (χ4v) is 4.78. The normalized spacial score (nSPS) is 15.1. The van der Waals surface area contributed by atoms with Crippen molar-refractivity contribution in [2.75, 3.05) is 26.4 Å². The lowest BCUT2D eigenvalue weighted by molar-refractivity contribution is 0.0716. The molecular formula is C29H35NO6. The zero-order valence-corrected chi connectivity index (χ0v) is 21.7. The van der Waals surface area contributed by atoms with E-state index in [0.29, 0.717) is 53.6 Å². The number of carbonyl (C=O) groups is 1. The monoisotopic (exact) mass is 493 g/mol. The Kier molecular flexibility index (Phi) is 7.69. The van der Waals surface area contributed by atoms with Crippen LogP contribution < -0.4 is 14.9 Å². The van der Waals surface area contributed by atoms with Crippen molar-refractivity contribution in [3.63, 3.8) is 0 Å². The van der Waals surface area contributed by atoms with Gasteiger partial charge in [-0.2, -0.15) is 0 Å². The third-order valence-electron chi connectivity index (χ3n) is 6.49. The maximum absolute atomic E-state index is 13.8. The number of hydrogen-bond donors (Lipinski definition) is 1. The molecule has 0 aliphatic carbocycles. The molecule has 2 heterocycles. The van der Waals surface area contributed by atoms with Gasteiger partial charge >= 0.3 is 0 Å². The Morgan fingerprint density at radius 2 is 1.86 bits per heavy atom. The number of fused-ring (bicyclic) bond motifs is 2. The van der Waals surface area contributed by atoms with Gasteiger partial charge in [-0.05, 0) is 74.4 Å². The number of rotatable bonds is 10. The van der Waals surface area contributed by atoms with Crippen LogP contribution in [0.3, 0.4) is 0 Å². The van der Waals surface area contributed by atoms with Crippen LogP contribution in [0, 0.1) is 19.8 Å². The Morgan fingerprint density at radius 3 is 2.56 bits per heavy atom. The van der Waals surface area contributed by atoms with Gasteiger partial charge < -0.3 is 23.9 Å². The van der Waals surface area contributed by atoms with Crippen LogP contribution >= 0.6 is 0 Å². The Morgan fingerprint density at radius 1 is 1.08 bits per heavy atom.